The summed E-state index contributed by atoms with van der Waals surface area (Å²) in [6.07, 6.45) is -9.28. The largest absolute Gasteiger partial charge is 0.405 e. The van der Waals surface area contributed by atoms with Gasteiger partial charge in [-0.1, -0.05) is 60.7 Å². The highest BCUT2D eigenvalue weighted by Gasteiger charge is 2.35. The molecular formula is C26H23F6N3O3. The first-order valence-corrected chi connectivity index (χ1v) is 11.4. The molecule has 0 radical (unpaired) electrons. The Balaban J connectivity index is 2.14. The number of amides is 1. The molecule has 1 amide bonds. The van der Waals surface area contributed by atoms with Crippen molar-refractivity contribution in [2.45, 2.75) is 38.0 Å². The van der Waals surface area contributed by atoms with Crippen LogP contribution in [-0.2, 0) is 17.9 Å². The second-order valence-electron chi connectivity index (χ2n) is 8.43. The minimum atomic E-state index is -4.83. The number of alkyl halides is 5. The van der Waals surface area contributed by atoms with Gasteiger partial charge in [-0.25, -0.2) is 13.2 Å². The van der Waals surface area contributed by atoms with Gasteiger partial charge < -0.3 is 10.2 Å². The lowest BCUT2D eigenvalue weighted by molar-refractivity contribution is -0.384. The van der Waals surface area contributed by atoms with E-state index in [-0.39, 0.29) is 13.1 Å². The fourth-order valence-corrected chi connectivity index (χ4v) is 3.97. The van der Waals surface area contributed by atoms with Crippen molar-refractivity contribution in [2.24, 2.45) is 0 Å². The fraction of sp³-hybridized carbons (Fsp3) is 0.269. The average molecular weight is 539 g/mol. The van der Waals surface area contributed by atoms with E-state index in [1.807, 2.05) is 0 Å². The van der Waals surface area contributed by atoms with E-state index in [4.69, 9.17) is 0 Å². The molecule has 0 aromatic heterocycles. The molecule has 6 nitrogen and oxygen atoms in total. The highest BCUT2D eigenvalue weighted by Crippen LogP contribution is 2.39. The summed E-state index contributed by atoms with van der Waals surface area (Å²) < 4.78 is 80.7. The summed E-state index contributed by atoms with van der Waals surface area (Å²) in [6.45, 7) is -1.87. The van der Waals surface area contributed by atoms with Crippen LogP contribution in [0.3, 0.4) is 0 Å². The summed E-state index contributed by atoms with van der Waals surface area (Å²) >= 11 is 0. The molecule has 0 heterocycles. The van der Waals surface area contributed by atoms with Crippen LogP contribution in [0.15, 0.2) is 72.8 Å². The van der Waals surface area contributed by atoms with Crippen LogP contribution in [0.25, 0.3) is 0 Å². The van der Waals surface area contributed by atoms with E-state index in [9.17, 15) is 36.9 Å². The number of halogens is 6. The van der Waals surface area contributed by atoms with Crippen molar-refractivity contribution >= 4 is 17.3 Å². The molecule has 202 valence electrons. The average Bonchev–Trinajstić information content (AvgIpc) is 2.86. The third kappa shape index (κ3) is 7.70. The molecule has 1 atom stereocenters. The van der Waals surface area contributed by atoms with Crippen LogP contribution < -0.4 is 10.2 Å². The Hall–Kier alpha value is -4.09. The highest BCUT2D eigenvalue weighted by atomic mass is 19.4. The van der Waals surface area contributed by atoms with Crippen LogP contribution in [0.4, 0.5) is 37.7 Å². The van der Waals surface area contributed by atoms with Crippen LogP contribution in [-0.4, -0.2) is 30.0 Å². The van der Waals surface area contributed by atoms with E-state index < -0.39 is 65.1 Å². The fourth-order valence-electron chi connectivity index (χ4n) is 3.97. The lowest BCUT2D eigenvalue weighted by Crippen LogP contribution is -2.37. The summed E-state index contributed by atoms with van der Waals surface area (Å²) in [7, 11) is 0. The molecule has 3 aromatic carbocycles. The Kier molecular flexibility index (Phi) is 9.32. The van der Waals surface area contributed by atoms with Gasteiger partial charge in [0.05, 0.1) is 10.8 Å². The van der Waals surface area contributed by atoms with E-state index in [1.54, 1.807) is 60.7 Å². The molecule has 0 saturated heterocycles. The van der Waals surface area contributed by atoms with Gasteiger partial charge in [-0.15, -0.1) is 0 Å². The van der Waals surface area contributed by atoms with Gasteiger partial charge in [0.1, 0.15) is 6.54 Å². The van der Waals surface area contributed by atoms with Crippen LogP contribution >= 0.6 is 0 Å². The maximum Gasteiger partial charge on any atom is 0.405 e. The molecule has 0 aliphatic rings. The smallest absolute Gasteiger partial charge is 0.355 e. The van der Waals surface area contributed by atoms with Crippen molar-refractivity contribution in [1.82, 2.24) is 5.32 Å². The number of nitro groups is 1. The minimum Gasteiger partial charge on any atom is -0.355 e. The maximum atomic E-state index is 16.1. The molecule has 0 saturated carbocycles. The van der Waals surface area contributed by atoms with Gasteiger partial charge in [0.15, 0.2) is 11.5 Å². The van der Waals surface area contributed by atoms with Gasteiger partial charge in [0, 0.05) is 31.1 Å². The first-order chi connectivity index (χ1) is 18.0. The van der Waals surface area contributed by atoms with Gasteiger partial charge in [0.2, 0.25) is 12.3 Å². The third-order valence-electron chi connectivity index (χ3n) is 5.64. The first-order valence-electron chi connectivity index (χ1n) is 11.4. The molecule has 1 N–H and O–H groups in total. The van der Waals surface area contributed by atoms with Crippen molar-refractivity contribution in [2.75, 3.05) is 11.4 Å². The second-order valence-corrected chi connectivity index (χ2v) is 8.43. The monoisotopic (exact) mass is 539 g/mol. The molecule has 0 aliphatic carbocycles. The molecule has 1 unspecified atom stereocenters. The van der Waals surface area contributed by atoms with Gasteiger partial charge in [-0.05, 0) is 17.2 Å². The zero-order chi connectivity index (χ0) is 27.9. The number of benzene rings is 3. The van der Waals surface area contributed by atoms with E-state index >= 15 is 4.39 Å². The SMILES string of the molecule is O=C(NCC(F)(F)F)C(CC(F)F)c1ccc([N+](=O)[O-])c(N(Cc2ccccc2)Cc2ccccc2)c1F. The number of hydrogen-bond acceptors (Lipinski definition) is 4. The summed E-state index contributed by atoms with van der Waals surface area (Å²) in [5.74, 6) is -4.83. The number of hydrogen-bond donors (Lipinski definition) is 1. The van der Waals surface area contributed by atoms with Gasteiger partial charge in [-0.3, -0.25) is 14.9 Å². The minimum absolute atomic E-state index is 0.0310. The topological polar surface area (TPSA) is 75.5 Å². The van der Waals surface area contributed by atoms with Crippen LogP contribution in [0.1, 0.15) is 29.0 Å². The van der Waals surface area contributed by atoms with E-state index in [0.29, 0.717) is 11.1 Å². The highest BCUT2D eigenvalue weighted by molar-refractivity contribution is 5.84. The lowest BCUT2D eigenvalue weighted by atomic mass is 9.92. The zero-order valence-electron chi connectivity index (χ0n) is 19.8. The zero-order valence-corrected chi connectivity index (χ0v) is 19.8. The number of carbonyl (C=O) groups excluding carboxylic acids is 1. The quantitative estimate of drug-likeness (QED) is 0.175. The van der Waals surface area contributed by atoms with E-state index in [2.05, 4.69) is 0 Å². The molecule has 3 rings (SSSR count). The lowest BCUT2D eigenvalue weighted by Gasteiger charge is -2.27. The van der Waals surface area contributed by atoms with Crippen molar-refractivity contribution < 1.29 is 36.1 Å². The summed E-state index contributed by atoms with van der Waals surface area (Å²) in [4.78, 5) is 24.9. The van der Waals surface area contributed by atoms with E-state index in [0.717, 1.165) is 12.1 Å². The molecule has 0 spiro atoms. The molecule has 0 fully saturated rings. The summed E-state index contributed by atoms with van der Waals surface area (Å²) in [5.41, 5.74) is -0.631. The van der Waals surface area contributed by atoms with Gasteiger partial charge >= 0.3 is 6.18 Å². The van der Waals surface area contributed by atoms with Crippen LogP contribution in [0.2, 0.25) is 0 Å². The Morgan fingerprint density at radius 1 is 0.921 bits per heavy atom. The number of carbonyl (C=O) groups is 1. The number of nitro benzene ring substituents is 1. The molecule has 0 aliphatic heterocycles. The number of nitrogens with zero attached hydrogens (tertiary/aromatic N) is 2. The predicted octanol–water partition coefficient (Wildman–Crippen LogP) is 6.36. The van der Waals surface area contributed by atoms with Gasteiger partial charge in [0.25, 0.3) is 5.69 Å². The maximum absolute atomic E-state index is 16.1. The van der Waals surface area contributed by atoms with Crippen LogP contribution in [0.5, 0.6) is 0 Å². The first kappa shape index (κ1) is 28.5. The third-order valence-corrected chi connectivity index (χ3v) is 5.64. The molecule has 38 heavy (non-hydrogen) atoms. The van der Waals surface area contributed by atoms with Crippen molar-refractivity contribution in [1.29, 1.82) is 0 Å². The standard InChI is InChI=1S/C26H23F6N3O3/c27-22(28)13-20(25(36)33-16-26(30,31)32)19-11-12-21(35(37)38)24(23(19)29)34(14-17-7-3-1-4-8-17)15-18-9-5-2-6-10-18/h1-12,20,22H,13-16H2,(H,33,36). The molecule has 12 heteroatoms. The van der Waals surface area contributed by atoms with Crippen molar-refractivity contribution in [3.8, 4) is 0 Å². The normalized spacial score (nSPS) is 12.3. The Morgan fingerprint density at radius 3 is 1.89 bits per heavy atom. The van der Waals surface area contributed by atoms with Crippen molar-refractivity contribution in [3.05, 3.63) is 105 Å². The van der Waals surface area contributed by atoms with Gasteiger partial charge in [-0.2, -0.15) is 13.2 Å². The number of nitrogens with one attached hydrogen (secondary N) is 1. The Labute approximate surface area is 214 Å². The number of anilines is 1. The summed E-state index contributed by atoms with van der Waals surface area (Å²) in [5, 5.41) is 13.4. The van der Waals surface area contributed by atoms with Crippen molar-refractivity contribution in [3.63, 3.8) is 0 Å². The number of rotatable bonds is 11. The molecule has 0 bridgehead atoms. The predicted molar refractivity (Wildman–Crippen MR) is 128 cm³/mol. The summed E-state index contributed by atoms with van der Waals surface area (Å²) in [6, 6.07) is 18.8. The second kappa shape index (κ2) is 12.4. The van der Waals surface area contributed by atoms with Crippen LogP contribution in [0, 0.1) is 15.9 Å². The Bertz CT molecular complexity index is 1200. The molecule has 3 aromatic rings. The van der Waals surface area contributed by atoms with E-state index in [1.165, 1.54) is 10.2 Å². The molecular weight excluding hydrogens is 516 g/mol. The Morgan fingerprint density at radius 2 is 1.45 bits per heavy atom.